The first-order chi connectivity index (χ1) is 12.0. The molecule has 0 fully saturated rings. The van der Waals surface area contributed by atoms with Crippen LogP contribution in [0.1, 0.15) is 23.0 Å². The van der Waals surface area contributed by atoms with Gasteiger partial charge in [0, 0.05) is 23.7 Å². The maximum Gasteiger partial charge on any atom is 0.276 e. The summed E-state index contributed by atoms with van der Waals surface area (Å²) in [6.45, 7) is 2.30. The lowest BCUT2D eigenvalue weighted by molar-refractivity contribution is 0.0942. The Labute approximate surface area is 148 Å². The lowest BCUT2D eigenvalue weighted by Gasteiger charge is -2.11. The molecule has 1 N–H and O–H groups in total. The van der Waals surface area contributed by atoms with Gasteiger partial charge in [-0.1, -0.05) is 29.8 Å². The highest BCUT2D eigenvalue weighted by Gasteiger charge is 2.17. The molecule has 0 bridgehead atoms. The number of fused-ring (bicyclic) bond motifs is 1. The van der Waals surface area contributed by atoms with Gasteiger partial charge in [0.2, 0.25) is 5.43 Å². The number of rotatable bonds is 4. The lowest BCUT2D eigenvalue weighted by Crippen LogP contribution is -2.32. The summed E-state index contributed by atoms with van der Waals surface area (Å²) in [4.78, 5) is 25.0. The molecule has 2 aromatic carbocycles. The van der Waals surface area contributed by atoms with Gasteiger partial charge in [-0.05, 0) is 31.2 Å². The van der Waals surface area contributed by atoms with Gasteiger partial charge in [-0.3, -0.25) is 14.3 Å². The molecule has 7 heteroatoms. The standard InChI is InChI=1S/C18H15ClFN3O2/c1-2-23-15-8-7-12(19)9-13(15)17(24)16(22-23)18(25)21-10-11-5-3-4-6-14(11)20/h3-9H,2,10H2,1H3,(H,21,25). The minimum absolute atomic E-state index is 0.0354. The Morgan fingerprint density at radius 2 is 2.04 bits per heavy atom. The average molecular weight is 360 g/mol. The quantitative estimate of drug-likeness (QED) is 0.778. The summed E-state index contributed by atoms with van der Waals surface area (Å²) >= 11 is 5.97. The molecule has 3 rings (SSSR count). The van der Waals surface area contributed by atoms with E-state index < -0.39 is 17.2 Å². The van der Waals surface area contributed by atoms with Gasteiger partial charge in [-0.15, -0.1) is 0 Å². The van der Waals surface area contributed by atoms with Crippen molar-refractivity contribution in [2.24, 2.45) is 0 Å². The number of carbonyl (C=O) groups is 1. The fourth-order valence-corrected chi connectivity index (χ4v) is 2.73. The third-order valence-electron chi connectivity index (χ3n) is 3.83. The van der Waals surface area contributed by atoms with Crippen LogP contribution in [-0.2, 0) is 13.1 Å². The maximum absolute atomic E-state index is 13.6. The van der Waals surface area contributed by atoms with Gasteiger partial charge < -0.3 is 5.32 Å². The minimum atomic E-state index is -0.655. The van der Waals surface area contributed by atoms with Gasteiger partial charge >= 0.3 is 0 Å². The summed E-state index contributed by atoms with van der Waals surface area (Å²) in [7, 11) is 0. The number of aromatic nitrogens is 2. The summed E-state index contributed by atoms with van der Waals surface area (Å²) in [5.74, 6) is -1.08. The minimum Gasteiger partial charge on any atom is -0.346 e. The summed E-state index contributed by atoms with van der Waals surface area (Å²) < 4.78 is 15.2. The molecular formula is C18H15ClFN3O2. The summed E-state index contributed by atoms with van der Waals surface area (Å²) in [6, 6.07) is 11.0. The largest absolute Gasteiger partial charge is 0.346 e. The number of hydrogen-bond acceptors (Lipinski definition) is 3. The van der Waals surface area contributed by atoms with E-state index in [1.165, 1.54) is 12.1 Å². The van der Waals surface area contributed by atoms with Crippen LogP contribution in [0.2, 0.25) is 5.02 Å². The third kappa shape index (κ3) is 3.39. The van der Waals surface area contributed by atoms with Crippen LogP contribution >= 0.6 is 11.6 Å². The Balaban J connectivity index is 1.97. The van der Waals surface area contributed by atoms with Crippen molar-refractivity contribution >= 4 is 28.4 Å². The van der Waals surface area contributed by atoms with Crippen LogP contribution in [0.5, 0.6) is 0 Å². The zero-order chi connectivity index (χ0) is 18.0. The normalized spacial score (nSPS) is 10.8. The maximum atomic E-state index is 13.6. The molecule has 0 radical (unpaired) electrons. The highest BCUT2D eigenvalue weighted by molar-refractivity contribution is 6.31. The molecule has 0 saturated heterocycles. The average Bonchev–Trinajstić information content (AvgIpc) is 2.61. The molecule has 3 aromatic rings. The molecule has 0 aliphatic rings. The van der Waals surface area contributed by atoms with Crippen LogP contribution < -0.4 is 10.7 Å². The van der Waals surface area contributed by atoms with E-state index in [0.717, 1.165) is 0 Å². The first-order valence-corrected chi connectivity index (χ1v) is 8.11. The molecule has 1 aromatic heterocycles. The smallest absolute Gasteiger partial charge is 0.276 e. The molecule has 1 heterocycles. The van der Waals surface area contributed by atoms with Crippen molar-refractivity contribution in [3.63, 3.8) is 0 Å². The second-order valence-corrected chi connectivity index (χ2v) is 5.87. The van der Waals surface area contributed by atoms with Crippen molar-refractivity contribution in [3.8, 4) is 0 Å². The number of halogens is 2. The van der Waals surface area contributed by atoms with Gasteiger partial charge in [-0.2, -0.15) is 5.10 Å². The van der Waals surface area contributed by atoms with Crippen molar-refractivity contribution in [2.45, 2.75) is 20.0 Å². The predicted octanol–water partition coefficient (Wildman–Crippen LogP) is 3.14. The van der Waals surface area contributed by atoms with Crippen LogP contribution in [0, 0.1) is 5.82 Å². The second-order valence-electron chi connectivity index (χ2n) is 5.43. The Morgan fingerprint density at radius 3 is 2.76 bits per heavy atom. The molecular weight excluding hydrogens is 345 g/mol. The molecule has 0 atom stereocenters. The van der Waals surface area contributed by atoms with Gasteiger partial charge in [-0.25, -0.2) is 4.39 Å². The van der Waals surface area contributed by atoms with Crippen molar-refractivity contribution in [1.82, 2.24) is 15.1 Å². The molecule has 0 unspecified atom stereocenters. The van der Waals surface area contributed by atoms with Crippen molar-refractivity contribution in [3.05, 3.63) is 74.8 Å². The van der Waals surface area contributed by atoms with E-state index in [2.05, 4.69) is 10.4 Å². The third-order valence-corrected chi connectivity index (χ3v) is 4.06. The summed E-state index contributed by atoms with van der Waals surface area (Å²) in [6.07, 6.45) is 0. The fourth-order valence-electron chi connectivity index (χ4n) is 2.55. The summed E-state index contributed by atoms with van der Waals surface area (Å²) in [5.41, 5.74) is 0.180. The molecule has 0 aliphatic carbocycles. The molecule has 25 heavy (non-hydrogen) atoms. The number of hydrogen-bond donors (Lipinski definition) is 1. The molecule has 0 aliphatic heterocycles. The monoisotopic (exact) mass is 359 g/mol. The lowest BCUT2D eigenvalue weighted by atomic mass is 10.2. The molecule has 128 valence electrons. The van der Waals surface area contributed by atoms with Crippen LogP contribution in [0.4, 0.5) is 4.39 Å². The van der Waals surface area contributed by atoms with Crippen LogP contribution in [0.3, 0.4) is 0 Å². The number of carbonyl (C=O) groups excluding carboxylic acids is 1. The van der Waals surface area contributed by atoms with E-state index in [4.69, 9.17) is 11.6 Å². The fraction of sp³-hybridized carbons (Fsp3) is 0.167. The van der Waals surface area contributed by atoms with Crippen LogP contribution in [-0.4, -0.2) is 15.7 Å². The number of benzene rings is 2. The van der Waals surface area contributed by atoms with Crippen molar-refractivity contribution in [1.29, 1.82) is 0 Å². The highest BCUT2D eigenvalue weighted by atomic mass is 35.5. The molecule has 1 amide bonds. The van der Waals surface area contributed by atoms with Crippen LogP contribution in [0.25, 0.3) is 10.9 Å². The SMILES string of the molecule is CCn1nc(C(=O)NCc2ccccc2F)c(=O)c2cc(Cl)ccc21. The first kappa shape index (κ1) is 17.1. The Kier molecular flexibility index (Phi) is 4.81. The highest BCUT2D eigenvalue weighted by Crippen LogP contribution is 2.16. The van der Waals surface area contributed by atoms with E-state index in [0.29, 0.717) is 28.0 Å². The number of nitrogens with one attached hydrogen (secondary N) is 1. The van der Waals surface area contributed by atoms with Gasteiger partial charge in [0.15, 0.2) is 5.69 Å². The molecule has 0 spiro atoms. The Bertz CT molecular complexity index is 1020. The Hall–Kier alpha value is -2.73. The second kappa shape index (κ2) is 7.03. The zero-order valence-electron chi connectivity index (χ0n) is 13.4. The Morgan fingerprint density at radius 1 is 1.28 bits per heavy atom. The topological polar surface area (TPSA) is 64.0 Å². The predicted molar refractivity (Wildman–Crippen MR) is 94.3 cm³/mol. The van der Waals surface area contributed by atoms with Crippen LogP contribution in [0.15, 0.2) is 47.3 Å². The van der Waals surface area contributed by atoms with Crippen molar-refractivity contribution in [2.75, 3.05) is 0 Å². The van der Waals surface area contributed by atoms with Gasteiger partial charge in [0.05, 0.1) is 10.9 Å². The number of aryl methyl sites for hydroxylation is 1. The van der Waals surface area contributed by atoms with E-state index in [1.807, 2.05) is 6.92 Å². The number of amides is 1. The number of nitrogens with zero attached hydrogens (tertiary/aromatic N) is 2. The van der Waals surface area contributed by atoms with Gasteiger partial charge in [0.1, 0.15) is 5.82 Å². The van der Waals surface area contributed by atoms with E-state index >= 15 is 0 Å². The zero-order valence-corrected chi connectivity index (χ0v) is 14.2. The first-order valence-electron chi connectivity index (χ1n) is 7.73. The van der Waals surface area contributed by atoms with E-state index in [9.17, 15) is 14.0 Å². The molecule has 0 saturated carbocycles. The molecule has 5 nitrogen and oxygen atoms in total. The van der Waals surface area contributed by atoms with Crippen molar-refractivity contribution < 1.29 is 9.18 Å². The van der Waals surface area contributed by atoms with E-state index in [1.54, 1.807) is 35.0 Å². The van der Waals surface area contributed by atoms with Gasteiger partial charge in [0.25, 0.3) is 5.91 Å². The summed E-state index contributed by atoms with van der Waals surface area (Å²) in [5, 5.41) is 7.40. The van der Waals surface area contributed by atoms with E-state index in [-0.39, 0.29) is 12.2 Å².